The van der Waals surface area contributed by atoms with E-state index in [9.17, 15) is 5.11 Å². The van der Waals surface area contributed by atoms with Crippen molar-refractivity contribution in [3.63, 3.8) is 0 Å². The van der Waals surface area contributed by atoms with E-state index in [1.165, 1.54) is 26.4 Å². The smallest absolute Gasteiger partial charge is 0.0841 e. The summed E-state index contributed by atoms with van der Waals surface area (Å²) in [5.74, 6) is 0. The molecular formula is C16H20OS. The number of aliphatic hydroxyl groups is 1. The molecule has 1 unspecified atom stereocenters. The van der Waals surface area contributed by atoms with Gasteiger partial charge in [0.2, 0.25) is 0 Å². The van der Waals surface area contributed by atoms with Gasteiger partial charge in [-0.05, 0) is 50.5 Å². The van der Waals surface area contributed by atoms with Crippen LogP contribution in [0, 0.1) is 27.7 Å². The summed E-state index contributed by atoms with van der Waals surface area (Å²) in [6.45, 7) is 8.37. The van der Waals surface area contributed by atoms with Gasteiger partial charge in [0.05, 0.1) is 6.10 Å². The van der Waals surface area contributed by atoms with E-state index in [2.05, 4.69) is 52.0 Å². The Balaban J connectivity index is 2.23. The molecule has 96 valence electrons. The van der Waals surface area contributed by atoms with E-state index in [1.807, 2.05) is 0 Å². The number of rotatable bonds is 3. The molecule has 1 heterocycles. The van der Waals surface area contributed by atoms with Crippen LogP contribution in [0.4, 0.5) is 0 Å². The topological polar surface area (TPSA) is 20.2 Å². The molecule has 2 rings (SSSR count). The SMILES string of the molecule is Cc1ccc(C)c(CC(O)c2cc(C)sc2C)c1. The summed E-state index contributed by atoms with van der Waals surface area (Å²) < 4.78 is 0. The fourth-order valence-corrected chi connectivity index (χ4v) is 3.30. The van der Waals surface area contributed by atoms with Gasteiger partial charge < -0.3 is 5.11 Å². The monoisotopic (exact) mass is 260 g/mol. The lowest BCUT2D eigenvalue weighted by Gasteiger charge is -2.13. The largest absolute Gasteiger partial charge is 0.388 e. The van der Waals surface area contributed by atoms with Crippen LogP contribution in [0.5, 0.6) is 0 Å². The van der Waals surface area contributed by atoms with Crippen molar-refractivity contribution in [2.24, 2.45) is 0 Å². The number of hydrogen-bond donors (Lipinski definition) is 1. The predicted molar refractivity (Wildman–Crippen MR) is 78.4 cm³/mol. The summed E-state index contributed by atoms with van der Waals surface area (Å²) in [4.78, 5) is 2.49. The van der Waals surface area contributed by atoms with E-state index in [0.29, 0.717) is 6.42 Å². The second-order valence-electron chi connectivity index (χ2n) is 5.02. The molecule has 0 radical (unpaired) electrons. The molecule has 0 saturated carbocycles. The Bertz CT molecular complexity index is 554. The molecule has 1 aromatic heterocycles. The normalized spacial score (nSPS) is 12.7. The summed E-state index contributed by atoms with van der Waals surface area (Å²) in [6, 6.07) is 8.53. The Labute approximate surface area is 113 Å². The fraction of sp³-hybridized carbons (Fsp3) is 0.375. The van der Waals surface area contributed by atoms with Gasteiger partial charge in [-0.3, -0.25) is 0 Å². The lowest BCUT2D eigenvalue weighted by atomic mass is 9.97. The molecule has 1 N–H and O–H groups in total. The Morgan fingerprint density at radius 1 is 1.11 bits per heavy atom. The molecule has 0 fully saturated rings. The maximum atomic E-state index is 10.4. The Kier molecular flexibility index (Phi) is 3.88. The Morgan fingerprint density at radius 2 is 1.83 bits per heavy atom. The number of thiophene rings is 1. The van der Waals surface area contributed by atoms with E-state index in [0.717, 1.165) is 5.56 Å². The molecule has 0 aliphatic rings. The molecule has 18 heavy (non-hydrogen) atoms. The zero-order valence-corrected chi connectivity index (χ0v) is 12.3. The van der Waals surface area contributed by atoms with Crippen LogP contribution in [-0.2, 0) is 6.42 Å². The van der Waals surface area contributed by atoms with Gasteiger partial charge in [-0.1, -0.05) is 23.8 Å². The highest BCUT2D eigenvalue weighted by molar-refractivity contribution is 7.12. The fourth-order valence-electron chi connectivity index (χ4n) is 2.32. The third kappa shape index (κ3) is 2.82. The van der Waals surface area contributed by atoms with E-state index in [-0.39, 0.29) is 0 Å². The summed E-state index contributed by atoms with van der Waals surface area (Å²) in [5, 5.41) is 10.4. The third-order valence-corrected chi connectivity index (χ3v) is 4.34. The van der Waals surface area contributed by atoms with Crippen LogP contribution in [0.3, 0.4) is 0 Å². The highest BCUT2D eigenvalue weighted by atomic mass is 32.1. The maximum Gasteiger partial charge on any atom is 0.0841 e. The zero-order valence-electron chi connectivity index (χ0n) is 11.4. The summed E-state index contributed by atoms with van der Waals surface area (Å²) in [6.07, 6.45) is 0.306. The van der Waals surface area contributed by atoms with Gasteiger partial charge in [-0.25, -0.2) is 0 Å². The van der Waals surface area contributed by atoms with Crippen molar-refractivity contribution in [2.75, 3.05) is 0 Å². The second-order valence-corrected chi connectivity index (χ2v) is 6.48. The summed E-state index contributed by atoms with van der Waals surface area (Å²) in [5.41, 5.74) is 4.83. The van der Waals surface area contributed by atoms with Crippen LogP contribution >= 0.6 is 11.3 Å². The molecule has 0 spiro atoms. The number of aliphatic hydroxyl groups excluding tert-OH is 1. The van der Waals surface area contributed by atoms with Crippen molar-refractivity contribution >= 4 is 11.3 Å². The van der Waals surface area contributed by atoms with Crippen molar-refractivity contribution in [3.05, 3.63) is 56.3 Å². The van der Waals surface area contributed by atoms with Gasteiger partial charge in [0.15, 0.2) is 0 Å². The van der Waals surface area contributed by atoms with Crippen molar-refractivity contribution in [2.45, 2.75) is 40.2 Å². The lowest BCUT2D eigenvalue weighted by molar-refractivity contribution is 0.178. The van der Waals surface area contributed by atoms with Crippen LogP contribution in [0.1, 0.15) is 38.1 Å². The van der Waals surface area contributed by atoms with Gasteiger partial charge in [0.25, 0.3) is 0 Å². The van der Waals surface area contributed by atoms with E-state index >= 15 is 0 Å². The molecule has 1 nitrogen and oxygen atoms in total. The van der Waals surface area contributed by atoms with Crippen LogP contribution in [0.15, 0.2) is 24.3 Å². The van der Waals surface area contributed by atoms with Crippen LogP contribution in [0.25, 0.3) is 0 Å². The lowest BCUT2D eigenvalue weighted by Crippen LogP contribution is -2.03. The molecule has 0 saturated heterocycles. The summed E-state index contributed by atoms with van der Waals surface area (Å²) >= 11 is 1.76. The first-order chi connectivity index (χ1) is 8.47. The van der Waals surface area contributed by atoms with Gasteiger partial charge in [-0.15, -0.1) is 11.3 Å². The molecule has 0 amide bonds. The van der Waals surface area contributed by atoms with Crippen molar-refractivity contribution < 1.29 is 5.11 Å². The van der Waals surface area contributed by atoms with Gasteiger partial charge in [0.1, 0.15) is 0 Å². The van der Waals surface area contributed by atoms with Gasteiger partial charge in [0, 0.05) is 16.2 Å². The number of hydrogen-bond acceptors (Lipinski definition) is 2. The predicted octanol–water partition coefficient (Wildman–Crippen LogP) is 4.26. The first kappa shape index (κ1) is 13.3. The van der Waals surface area contributed by atoms with Crippen LogP contribution in [0.2, 0.25) is 0 Å². The molecule has 1 atom stereocenters. The standard InChI is InChI=1S/C16H20OS/c1-10-5-6-11(2)14(7-10)9-16(17)15-8-12(3)18-13(15)4/h5-8,16-17H,9H2,1-4H3. The van der Waals surface area contributed by atoms with Gasteiger partial charge >= 0.3 is 0 Å². The minimum atomic E-state index is -0.393. The molecule has 0 aliphatic heterocycles. The third-order valence-electron chi connectivity index (χ3n) is 3.36. The van der Waals surface area contributed by atoms with Crippen molar-refractivity contribution in [1.29, 1.82) is 0 Å². The Morgan fingerprint density at radius 3 is 2.44 bits per heavy atom. The number of aryl methyl sites for hydroxylation is 4. The first-order valence-electron chi connectivity index (χ1n) is 6.28. The quantitative estimate of drug-likeness (QED) is 0.874. The zero-order chi connectivity index (χ0) is 13.3. The maximum absolute atomic E-state index is 10.4. The second kappa shape index (κ2) is 5.25. The van der Waals surface area contributed by atoms with Gasteiger partial charge in [-0.2, -0.15) is 0 Å². The van der Waals surface area contributed by atoms with Crippen molar-refractivity contribution in [1.82, 2.24) is 0 Å². The highest BCUT2D eigenvalue weighted by Gasteiger charge is 2.14. The number of benzene rings is 1. The molecule has 2 aromatic rings. The molecule has 1 aromatic carbocycles. The molecule has 0 aliphatic carbocycles. The van der Waals surface area contributed by atoms with E-state index in [4.69, 9.17) is 0 Å². The molecule has 0 bridgehead atoms. The molecule has 2 heteroatoms. The summed E-state index contributed by atoms with van der Waals surface area (Å²) in [7, 11) is 0. The van der Waals surface area contributed by atoms with Crippen molar-refractivity contribution in [3.8, 4) is 0 Å². The average Bonchev–Trinajstić information content (AvgIpc) is 2.63. The highest BCUT2D eigenvalue weighted by Crippen LogP contribution is 2.29. The molecular weight excluding hydrogens is 240 g/mol. The van der Waals surface area contributed by atoms with Crippen LogP contribution < -0.4 is 0 Å². The average molecular weight is 260 g/mol. The first-order valence-corrected chi connectivity index (χ1v) is 7.10. The minimum absolute atomic E-state index is 0.393. The Hall–Kier alpha value is -1.12. The van der Waals surface area contributed by atoms with E-state index < -0.39 is 6.10 Å². The van der Waals surface area contributed by atoms with E-state index in [1.54, 1.807) is 11.3 Å². The minimum Gasteiger partial charge on any atom is -0.388 e. The van der Waals surface area contributed by atoms with Crippen LogP contribution in [-0.4, -0.2) is 5.11 Å².